The van der Waals surface area contributed by atoms with Gasteiger partial charge >= 0.3 is 0 Å². The molecule has 3 aromatic rings. The summed E-state index contributed by atoms with van der Waals surface area (Å²) in [6.45, 7) is 1.46. The Morgan fingerprint density at radius 2 is 1.90 bits per heavy atom. The smallest absolute Gasteiger partial charge is 0.238 e. The van der Waals surface area contributed by atoms with E-state index >= 15 is 0 Å². The van der Waals surface area contributed by atoms with Gasteiger partial charge in [-0.05, 0) is 25.5 Å². The molecule has 1 saturated carbocycles. The van der Waals surface area contributed by atoms with E-state index < -0.39 is 34.2 Å². The molecular weight excluding hydrogens is 442 g/mol. The highest BCUT2D eigenvalue weighted by Gasteiger charge is 2.41. The van der Waals surface area contributed by atoms with Crippen molar-refractivity contribution in [2.45, 2.75) is 31.6 Å². The average Bonchev–Trinajstić information content (AvgIpc) is 3.22. The first-order chi connectivity index (χ1) is 14.7. The Morgan fingerprint density at radius 1 is 1.16 bits per heavy atom. The number of anilines is 2. The maximum Gasteiger partial charge on any atom is 0.238 e. The molecule has 2 heterocycles. The number of fused-ring (bicyclic) bond motifs is 1. The summed E-state index contributed by atoms with van der Waals surface area (Å²) in [5.41, 5.74) is 1.88. The van der Waals surface area contributed by atoms with Crippen molar-refractivity contribution in [1.82, 2.24) is 15.0 Å². The summed E-state index contributed by atoms with van der Waals surface area (Å²) in [7, 11) is -3.61. The van der Waals surface area contributed by atoms with Gasteiger partial charge in [-0.15, -0.1) is 11.3 Å². The molecule has 0 bridgehead atoms. The van der Waals surface area contributed by atoms with E-state index in [0.717, 1.165) is 16.5 Å². The summed E-state index contributed by atoms with van der Waals surface area (Å²) < 4.78 is 26.6. The Balaban J connectivity index is 1.80. The van der Waals surface area contributed by atoms with E-state index in [4.69, 9.17) is 0 Å². The van der Waals surface area contributed by atoms with Crippen LogP contribution in [0.4, 0.5) is 11.8 Å². The van der Waals surface area contributed by atoms with Crippen LogP contribution in [-0.4, -0.2) is 69.8 Å². The number of para-hydroxylation sites is 1. The summed E-state index contributed by atoms with van der Waals surface area (Å²) in [6, 6.07) is 7.04. The number of rotatable bonds is 6. The second kappa shape index (κ2) is 8.28. The van der Waals surface area contributed by atoms with E-state index in [9.17, 15) is 23.7 Å². The number of nitrogens with one attached hydrogen (secondary N) is 2. The number of benzene rings is 1. The average molecular weight is 466 g/mol. The molecule has 166 valence electrons. The van der Waals surface area contributed by atoms with Crippen LogP contribution in [0, 0.1) is 12.8 Å². The molecule has 0 saturated heterocycles. The fourth-order valence-electron chi connectivity index (χ4n) is 3.75. The van der Waals surface area contributed by atoms with Gasteiger partial charge in [0.05, 0.1) is 39.9 Å². The van der Waals surface area contributed by atoms with Crippen LogP contribution in [0.3, 0.4) is 0 Å². The molecule has 1 aliphatic carbocycles. The molecule has 4 atom stereocenters. The van der Waals surface area contributed by atoms with E-state index in [1.807, 2.05) is 24.3 Å². The Morgan fingerprint density at radius 3 is 2.55 bits per heavy atom. The normalized spacial score (nSPS) is 23.9. The lowest BCUT2D eigenvalue weighted by Gasteiger charge is -2.21. The first-order valence-electron chi connectivity index (χ1n) is 9.62. The summed E-state index contributed by atoms with van der Waals surface area (Å²) in [5.74, 6) is -0.304. The molecule has 4 unspecified atom stereocenters. The van der Waals surface area contributed by atoms with Gasteiger partial charge in [-0.25, -0.2) is 18.4 Å². The lowest BCUT2D eigenvalue weighted by Crippen LogP contribution is -2.35. The van der Waals surface area contributed by atoms with Crippen LogP contribution in [0.25, 0.3) is 20.8 Å². The van der Waals surface area contributed by atoms with Crippen molar-refractivity contribution in [2.75, 3.05) is 22.9 Å². The van der Waals surface area contributed by atoms with E-state index in [1.165, 1.54) is 11.3 Å². The van der Waals surface area contributed by atoms with Crippen molar-refractivity contribution in [1.29, 1.82) is 0 Å². The quantitative estimate of drug-likeness (QED) is 0.357. The van der Waals surface area contributed by atoms with Gasteiger partial charge in [0, 0.05) is 12.5 Å². The van der Waals surface area contributed by atoms with Gasteiger partial charge in [-0.2, -0.15) is 4.98 Å². The number of aryl methyl sites for hydroxylation is 1. The van der Waals surface area contributed by atoms with Crippen LogP contribution in [0.1, 0.15) is 12.1 Å². The van der Waals surface area contributed by atoms with Gasteiger partial charge in [-0.3, -0.25) is 4.72 Å². The molecule has 2 aromatic heterocycles. The number of aliphatic hydroxyl groups excluding tert-OH is 3. The predicted octanol–water partition coefficient (Wildman–Crippen LogP) is 0.948. The van der Waals surface area contributed by atoms with Crippen molar-refractivity contribution >= 4 is 43.3 Å². The standard InChI is InChI=1S/C19H23N5O5S2/c1-9-14(18-22-11-5-3-4-6-13(11)30-18)17(23-19(20-9)24-31(2,28)29)21-12-7-10(8-25)15(26)16(12)27/h3-6,10,12,15-16,25-27H,7-8H2,1-2H3,(H2,20,21,23,24). The van der Waals surface area contributed by atoms with E-state index in [-0.39, 0.29) is 18.4 Å². The first-order valence-corrected chi connectivity index (χ1v) is 12.3. The minimum atomic E-state index is -3.61. The Bertz CT molecular complexity index is 1180. The number of hydrogen-bond acceptors (Lipinski definition) is 10. The summed E-state index contributed by atoms with van der Waals surface area (Å²) in [4.78, 5) is 13.3. The number of aromatic nitrogens is 3. The van der Waals surface area contributed by atoms with Crippen LogP contribution in [0.15, 0.2) is 24.3 Å². The lowest BCUT2D eigenvalue weighted by molar-refractivity contribution is 0.00446. The van der Waals surface area contributed by atoms with E-state index in [1.54, 1.807) is 6.92 Å². The zero-order chi connectivity index (χ0) is 22.3. The van der Waals surface area contributed by atoms with Gasteiger partial charge < -0.3 is 20.6 Å². The minimum Gasteiger partial charge on any atom is -0.396 e. The van der Waals surface area contributed by atoms with Gasteiger partial charge in [0.2, 0.25) is 16.0 Å². The molecule has 12 heteroatoms. The molecule has 0 radical (unpaired) electrons. The topological polar surface area (TPSA) is 158 Å². The highest BCUT2D eigenvalue weighted by molar-refractivity contribution is 7.91. The maximum atomic E-state index is 11.7. The largest absolute Gasteiger partial charge is 0.396 e. The van der Waals surface area contributed by atoms with Gasteiger partial charge in [-0.1, -0.05) is 12.1 Å². The molecule has 31 heavy (non-hydrogen) atoms. The Kier molecular flexibility index (Phi) is 5.83. The number of thiazole rings is 1. The number of aliphatic hydroxyl groups is 3. The fraction of sp³-hybridized carbons (Fsp3) is 0.421. The van der Waals surface area contributed by atoms with Crippen molar-refractivity contribution in [3.63, 3.8) is 0 Å². The molecule has 4 rings (SSSR count). The highest BCUT2D eigenvalue weighted by atomic mass is 32.2. The fourth-order valence-corrected chi connectivity index (χ4v) is 5.23. The molecule has 1 aromatic carbocycles. The minimum absolute atomic E-state index is 0.112. The van der Waals surface area contributed by atoms with Crippen molar-refractivity contribution in [3.05, 3.63) is 30.0 Å². The van der Waals surface area contributed by atoms with Crippen molar-refractivity contribution in [3.8, 4) is 10.6 Å². The number of nitrogens with zero attached hydrogens (tertiary/aromatic N) is 3. The summed E-state index contributed by atoms with van der Waals surface area (Å²) >= 11 is 1.44. The molecular formula is C19H23N5O5S2. The molecule has 0 amide bonds. The molecule has 10 nitrogen and oxygen atoms in total. The van der Waals surface area contributed by atoms with Gasteiger partial charge in [0.15, 0.2) is 0 Å². The summed E-state index contributed by atoms with van der Waals surface area (Å²) in [6.07, 6.45) is -0.883. The SMILES string of the molecule is Cc1nc(NS(C)(=O)=O)nc(NC2CC(CO)C(O)C2O)c1-c1nc2ccccc2s1. The van der Waals surface area contributed by atoms with Gasteiger partial charge in [0.25, 0.3) is 0 Å². The second-order valence-corrected chi connectivity index (χ2v) is 10.4. The maximum absolute atomic E-state index is 11.7. The Hall–Kier alpha value is -2.38. The summed E-state index contributed by atoms with van der Waals surface area (Å²) in [5, 5.41) is 33.8. The monoisotopic (exact) mass is 465 g/mol. The molecule has 0 spiro atoms. The van der Waals surface area contributed by atoms with Crippen molar-refractivity contribution in [2.24, 2.45) is 5.92 Å². The third-order valence-electron chi connectivity index (χ3n) is 5.23. The molecule has 0 aliphatic heterocycles. The van der Waals surface area contributed by atoms with Crippen LogP contribution < -0.4 is 10.0 Å². The van der Waals surface area contributed by atoms with Crippen LogP contribution in [-0.2, 0) is 10.0 Å². The molecule has 5 N–H and O–H groups in total. The third-order valence-corrected chi connectivity index (χ3v) is 6.84. The van der Waals surface area contributed by atoms with E-state index in [2.05, 4.69) is 25.0 Å². The zero-order valence-electron chi connectivity index (χ0n) is 16.8. The molecule has 1 aliphatic rings. The predicted molar refractivity (Wildman–Crippen MR) is 118 cm³/mol. The zero-order valence-corrected chi connectivity index (χ0v) is 18.5. The van der Waals surface area contributed by atoms with Crippen molar-refractivity contribution < 1.29 is 23.7 Å². The Labute approximate surface area is 183 Å². The van der Waals surface area contributed by atoms with E-state index in [0.29, 0.717) is 22.7 Å². The highest BCUT2D eigenvalue weighted by Crippen LogP contribution is 2.38. The number of hydrogen-bond donors (Lipinski definition) is 5. The van der Waals surface area contributed by atoms with Crippen LogP contribution in [0.2, 0.25) is 0 Å². The first kappa shape index (κ1) is 21.8. The van der Waals surface area contributed by atoms with Crippen LogP contribution in [0.5, 0.6) is 0 Å². The molecule has 1 fully saturated rings. The lowest BCUT2D eigenvalue weighted by atomic mass is 10.1. The van der Waals surface area contributed by atoms with Crippen LogP contribution >= 0.6 is 11.3 Å². The third kappa shape index (κ3) is 4.48. The van der Waals surface area contributed by atoms with Gasteiger partial charge in [0.1, 0.15) is 16.9 Å². The second-order valence-electron chi connectivity index (χ2n) is 7.63. The number of sulfonamides is 1.